The largest absolute Gasteiger partial charge is 0.395 e. The van der Waals surface area contributed by atoms with Gasteiger partial charge in [-0.15, -0.1) is 0 Å². The van der Waals surface area contributed by atoms with Crippen molar-refractivity contribution in [1.29, 1.82) is 0 Å². The van der Waals surface area contributed by atoms with Crippen LogP contribution in [0.15, 0.2) is 30.6 Å². The number of amides is 1. The van der Waals surface area contributed by atoms with Gasteiger partial charge in [-0.3, -0.25) is 14.4 Å². The van der Waals surface area contributed by atoms with Gasteiger partial charge in [0.1, 0.15) is 6.61 Å². The predicted molar refractivity (Wildman–Crippen MR) is 94.0 cm³/mol. The van der Waals surface area contributed by atoms with Crippen LogP contribution in [0.4, 0.5) is 14.5 Å². The van der Waals surface area contributed by atoms with Crippen LogP contribution >= 0.6 is 0 Å². The smallest absolute Gasteiger partial charge is 0.250 e. The minimum Gasteiger partial charge on any atom is -0.395 e. The fourth-order valence-electron chi connectivity index (χ4n) is 3.34. The summed E-state index contributed by atoms with van der Waals surface area (Å²) in [4.78, 5) is 13.6. The maximum absolute atomic E-state index is 13.4. The Labute approximate surface area is 155 Å². The number of anilines is 1. The molecule has 2 N–H and O–H groups in total. The van der Waals surface area contributed by atoms with E-state index in [1.165, 1.54) is 19.2 Å². The number of methoxy groups -OCH3 is 1. The number of aliphatic hydroxyl groups is 1. The number of rotatable bonds is 7. The number of carbonyl (C=O) groups excluding carboxylic acids is 1. The summed E-state index contributed by atoms with van der Waals surface area (Å²) in [6.07, 6.45) is 3.94. The van der Waals surface area contributed by atoms with E-state index in [4.69, 9.17) is 4.74 Å². The molecule has 0 radical (unpaired) electrons. The third-order valence-corrected chi connectivity index (χ3v) is 4.62. The van der Waals surface area contributed by atoms with Crippen LogP contribution < -0.4 is 5.32 Å². The van der Waals surface area contributed by atoms with Crippen LogP contribution in [0.5, 0.6) is 0 Å². The molecule has 0 aliphatic carbocycles. The van der Waals surface area contributed by atoms with E-state index in [2.05, 4.69) is 10.4 Å². The van der Waals surface area contributed by atoms with Crippen molar-refractivity contribution in [3.05, 3.63) is 47.8 Å². The Morgan fingerprint density at radius 1 is 1.41 bits per heavy atom. The summed E-state index contributed by atoms with van der Waals surface area (Å²) in [5.41, 5.74) is 1.21. The molecule has 2 heterocycles. The third kappa shape index (κ3) is 4.68. The van der Waals surface area contributed by atoms with Crippen molar-refractivity contribution in [2.45, 2.75) is 25.0 Å². The van der Waals surface area contributed by atoms with Crippen LogP contribution in [-0.4, -0.2) is 58.6 Å². The quantitative estimate of drug-likeness (QED) is 0.762. The molecule has 1 aliphatic rings. The van der Waals surface area contributed by atoms with Gasteiger partial charge in [0.15, 0.2) is 11.6 Å². The Hall–Kier alpha value is -2.36. The van der Waals surface area contributed by atoms with E-state index in [-0.39, 0.29) is 31.2 Å². The number of likely N-dealkylation sites (tertiary alicyclic amines) is 1. The molecule has 1 amide bonds. The molecule has 0 spiro atoms. The van der Waals surface area contributed by atoms with Gasteiger partial charge in [0.2, 0.25) is 5.91 Å². The molecule has 27 heavy (non-hydrogen) atoms. The first-order valence-electron chi connectivity index (χ1n) is 8.62. The van der Waals surface area contributed by atoms with Crippen LogP contribution in [0.25, 0.3) is 0 Å². The fourth-order valence-corrected chi connectivity index (χ4v) is 3.34. The molecule has 1 aliphatic heterocycles. The zero-order valence-electron chi connectivity index (χ0n) is 14.9. The second kappa shape index (κ2) is 8.55. The third-order valence-electron chi connectivity index (χ3n) is 4.62. The Morgan fingerprint density at radius 3 is 2.93 bits per heavy atom. The normalized spacial score (nSPS) is 20.1. The standard InChI is InChI=1S/C18H22F2N4O3/c1-27-11-18(26)22-13-6-21-24(8-13)14-5-15(10-25)23(9-14)7-12-2-3-16(19)17(20)4-12/h2-4,6,8,14-15,25H,5,7,9-11H2,1H3,(H,22,26)/t14-,15-/m0/s1. The lowest BCUT2D eigenvalue weighted by Crippen LogP contribution is -2.31. The van der Waals surface area contributed by atoms with Crippen LogP contribution in [-0.2, 0) is 16.1 Å². The monoisotopic (exact) mass is 380 g/mol. The van der Waals surface area contributed by atoms with Gasteiger partial charge in [-0.05, 0) is 24.1 Å². The first-order chi connectivity index (χ1) is 13.0. The second-order valence-electron chi connectivity index (χ2n) is 6.59. The number of halogens is 2. The summed E-state index contributed by atoms with van der Waals surface area (Å²) >= 11 is 0. The van der Waals surface area contributed by atoms with Crippen molar-refractivity contribution in [2.75, 3.05) is 32.2 Å². The Kier molecular flexibility index (Phi) is 6.15. The van der Waals surface area contributed by atoms with Gasteiger partial charge in [-0.25, -0.2) is 8.78 Å². The minimum atomic E-state index is -0.882. The number of aliphatic hydroxyl groups excluding tert-OH is 1. The summed E-state index contributed by atoms with van der Waals surface area (Å²) in [5.74, 6) is -2.03. The van der Waals surface area contributed by atoms with Crippen LogP contribution in [0.2, 0.25) is 0 Å². The molecular weight excluding hydrogens is 358 g/mol. The highest BCUT2D eigenvalue weighted by molar-refractivity contribution is 5.91. The van der Waals surface area contributed by atoms with Gasteiger partial charge < -0.3 is 15.2 Å². The fraction of sp³-hybridized carbons (Fsp3) is 0.444. The molecule has 146 valence electrons. The first-order valence-corrected chi connectivity index (χ1v) is 8.62. The number of aromatic nitrogens is 2. The molecule has 1 aromatic heterocycles. The van der Waals surface area contributed by atoms with E-state index < -0.39 is 11.6 Å². The van der Waals surface area contributed by atoms with Crippen molar-refractivity contribution in [2.24, 2.45) is 0 Å². The van der Waals surface area contributed by atoms with E-state index >= 15 is 0 Å². The highest BCUT2D eigenvalue weighted by Crippen LogP contribution is 2.29. The Bertz CT molecular complexity index is 799. The molecule has 7 nitrogen and oxygen atoms in total. The molecule has 1 aromatic carbocycles. The summed E-state index contributed by atoms with van der Waals surface area (Å²) in [6.45, 7) is 0.914. The van der Waals surface area contributed by atoms with Crippen molar-refractivity contribution in [1.82, 2.24) is 14.7 Å². The molecular formula is C18H22F2N4O3. The lowest BCUT2D eigenvalue weighted by Gasteiger charge is -2.22. The number of hydrogen-bond acceptors (Lipinski definition) is 5. The number of nitrogens with one attached hydrogen (secondary N) is 1. The number of hydrogen-bond donors (Lipinski definition) is 2. The van der Waals surface area contributed by atoms with E-state index in [9.17, 15) is 18.7 Å². The molecule has 0 unspecified atom stereocenters. The van der Waals surface area contributed by atoms with Crippen LogP contribution in [0.1, 0.15) is 18.0 Å². The molecule has 2 atom stereocenters. The second-order valence-corrected chi connectivity index (χ2v) is 6.59. The Balaban J connectivity index is 1.66. The lowest BCUT2D eigenvalue weighted by molar-refractivity contribution is -0.119. The predicted octanol–water partition coefficient (Wildman–Crippen LogP) is 1.55. The Morgan fingerprint density at radius 2 is 2.22 bits per heavy atom. The average Bonchev–Trinajstić information content (AvgIpc) is 3.25. The van der Waals surface area contributed by atoms with Gasteiger partial charge in [0, 0.05) is 32.4 Å². The molecule has 3 rings (SSSR count). The first kappa shape index (κ1) is 19.4. The number of ether oxygens (including phenoxy) is 1. The molecule has 9 heteroatoms. The van der Waals surface area contributed by atoms with E-state index in [0.717, 1.165) is 6.07 Å². The maximum Gasteiger partial charge on any atom is 0.250 e. The summed E-state index contributed by atoms with van der Waals surface area (Å²) < 4.78 is 33.1. The van der Waals surface area contributed by atoms with E-state index in [1.807, 2.05) is 4.90 Å². The van der Waals surface area contributed by atoms with Gasteiger partial charge in [0.05, 0.1) is 24.5 Å². The number of nitrogens with zero attached hydrogens (tertiary/aromatic N) is 3. The molecule has 1 fully saturated rings. The van der Waals surface area contributed by atoms with Crippen molar-refractivity contribution in [3.8, 4) is 0 Å². The average molecular weight is 380 g/mol. The summed E-state index contributed by atoms with van der Waals surface area (Å²) in [5, 5.41) is 16.7. The molecule has 1 saturated heterocycles. The minimum absolute atomic E-state index is 0.000484. The summed E-state index contributed by atoms with van der Waals surface area (Å²) in [7, 11) is 1.44. The SMILES string of the molecule is COCC(=O)Nc1cnn([C@H]2C[C@@H](CO)N(Cc3ccc(F)c(F)c3)C2)c1. The van der Waals surface area contributed by atoms with Crippen molar-refractivity contribution >= 4 is 11.6 Å². The highest BCUT2D eigenvalue weighted by atomic mass is 19.2. The van der Waals surface area contributed by atoms with E-state index in [1.54, 1.807) is 17.1 Å². The van der Waals surface area contributed by atoms with Gasteiger partial charge in [-0.2, -0.15) is 5.10 Å². The van der Waals surface area contributed by atoms with Crippen LogP contribution in [0.3, 0.4) is 0 Å². The molecule has 0 saturated carbocycles. The lowest BCUT2D eigenvalue weighted by atomic mass is 10.1. The number of benzene rings is 1. The number of carbonyl (C=O) groups is 1. The van der Waals surface area contributed by atoms with Crippen molar-refractivity contribution < 1.29 is 23.4 Å². The zero-order chi connectivity index (χ0) is 19.4. The topological polar surface area (TPSA) is 79.6 Å². The van der Waals surface area contributed by atoms with Gasteiger partial charge in [0.25, 0.3) is 0 Å². The van der Waals surface area contributed by atoms with Crippen molar-refractivity contribution in [3.63, 3.8) is 0 Å². The highest BCUT2D eigenvalue weighted by Gasteiger charge is 2.33. The van der Waals surface area contributed by atoms with Gasteiger partial charge >= 0.3 is 0 Å². The summed E-state index contributed by atoms with van der Waals surface area (Å²) in [6, 6.07) is 3.71. The zero-order valence-corrected chi connectivity index (χ0v) is 14.9. The molecule has 0 bridgehead atoms. The van der Waals surface area contributed by atoms with Crippen LogP contribution in [0, 0.1) is 11.6 Å². The maximum atomic E-state index is 13.4. The van der Waals surface area contributed by atoms with Gasteiger partial charge in [-0.1, -0.05) is 6.07 Å². The molecule has 2 aromatic rings. The van der Waals surface area contributed by atoms with E-state index in [0.29, 0.717) is 30.8 Å².